The van der Waals surface area contributed by atoms with Crippen LogP contribution in [0.15, 0.2) is 72.3 Å². The van der Waals surface area contributed by atoms with Crippen LogP contribution in [0.3, 0.4) is 0 Å². The first-order valence-corrected chi connectivity index (χ1v) is 15.1. The number of hydrogen-bond donors (Lipinski definition) is 0. The number of carbonyl (C=O) groups excluding carboxylic acids is 2. The third-order valence-corrected chi connectivity index (χ3v) is 9.17. The highest BCUT2D eigenvalue weighted by atomic mass is 16.2. The Balaban J connectivity index is 1.22. The van der Waals surface area contributed by atoms with Crippen molar-refractivity contribution < 1.29 is 9.59 Å². The quantitative estimate of drug-likeness (QED) is 0.201. The molecule has 0 aromatic heterocycles. The van der Waals surface area contributed by atoms with Gasteiger partial charge in [-0.1, -0.05) is 60.7 Å². The van der Waals surface area contributed by atoms with Crippen LogP contribution in [0.5, 0.6) is 0 Å². The molecule has 3 aliphatic rings. The standard InChI is InChI=1S/C36H42N2O2/c1-26(16-17-27(2)38-35(39)22-23-36(38)40)30-11-5-4-10-29(18-19-30)24-28(3)37-25-33-14-7-6-12-31(33)20-21-32-13-8-9-15-34(32)37/h6-10,12-15,22-23,26-28,30H,4-5,11,16-19,24-25H2,1-3H3/b29-10-. The van der Waals surface area contributed by atoms with Gasteiger partial charge in [0.25, 0.3) is 11.8 Å². The first-order valence-electron chi connectivity index (χ1n) is 15.1. The van der Waals surface area contributed by atoms with Crippen molar-refractivity contribution in [3.8, 4) is 11.8 Å². The number of nitrogens with zero attached hydrogens (tertiary/aromatic N) is 2. The number of carbonyl (C=O) groups is 2. The van der Waals surface area contributed by atoms with Crippen molar-refractivity contribution in [1.29, 1.82) is 0 Å². The molecule has 5 rings (SSSR count). The van der Waals surface area contributed by atoms with E-state index < -0.39 is 0 Å². The van der Waals surface area contributed by atoms with Crippen molar-refractivity contribution in [2.45, 2.75) is 90.8 Å². The fourth-order valence-electron chi connectivity index (χ4n) is 6.67. The van der Waals surface area contributed by atoms with Gasteiger partial charge in [-0.2, -0.15) is 0 Å². The Morgan fingerprint density at radius 3 is 2.35 bits per heavy atom. The van der Waals surface area contributed by atoms with Crippen LogP contribution >= 0.6 is 0 Å². The van der Waals surface area contributed by atoms with Crippen molar-refractivity contribution in [3.05, 3.63) is 89.0 Å². The number of allylic oxidation sites excluding steroid dienone is 1. The molecule has 4 nitrogen and oxygen atoms in total. The lowest BCUT2D eigenvalue weighted by molar-refractivity contribution is -0.139. The SMILES string of the molecule is CC(CCC(C)N1C(=O)C=CC1=O)C1CCC/C=C(\CC(C)N2Cc3ccccc3C#Cc3ccccc32)CC1. The summed E-state index contributed by atoms with van der Waals surface area (Å²) in [7, 11) is 0. The molecule has 2 heterocycles. The van der Waals surface area contributed by atoms with Gasteiger partial charge in [-0.25, -0.2) is 0 Å². The molecule has 0 spiro atoms. The number of imide groups is 1. The summed E-state index contributed by atoms with van der Waals surface area (Å²) < 4.78 is 0. The van der Waals surface area contributed by atoms with E-state index in [0.29, 0.717) is 17.9 Å². The average molecular weight is 535 g/mol. The van der Waals surface area contributed by atoms with Gasteiger partial charge >= 0.3 is 0 Å². The Morgan fingerprint density at radius 2 is 1.55 bits per heavy atom. The highest BCUT2D eigenvalue weighted by molar-refractivity contribution is 6.13. The minimum atomic E-state index is -0.168. The van der Waals surface area contributed by atoms with E-state index in [9.17, 15) is 9.59 Å². The van der Waals surface area contributed by atoms with E-state index in [0.717, 1.165) is 49.8 Å². The Morgan fingerprint density at radius 1 is 0.850 bits per heavy atom. The van der Waals surface area contributed by atoms with E-state index in [1.165, 1.54) is 47.6 Å². The first kappa shape index (κ1) is 28.0. The molecule has 4 unspecified atom stereocenters. The lowest BCUT2D eigenvalue weighted by Crippen LogP contribution is -2.38. The van der Waals surface area contributed by atoms with E-state index in [-0.39, 0.29) is 17.9 Å². The van der Waals surface area contributed by atoms with Gasteiger partial charge in [-0.3, -0.25) is 14.5 Å². The third kappa shape index (κ3) is 6.41. The van der Waals surface area contributed by atoms with Gasteiger partial charge in [0.1, 0.15) is 0 Å². The molecular weight excluding hydrogens is 492 g/mol. The molecule has 2 amide bonds. The van der Waals surface area contributed by atoms with Gasteiger partial charge in [0.2, 0.25) is 0 Å². The zero-order valence-corrected chi connectivity index (χ0v) is 24.2. The molecule has 0 radical (unpaired) electrons. The molecule has 0 fully saturated rings. The predicted octanol–water partition coefficient (Wildman–Crippen LogP) is 7.42. The van der Waals surface area contributed by atoms with E-state index in [1.807, 2.05) is 6.92 Å². The summed E-state index contributed by atoms with van der Waals surface area (Å²) in [6.07, 6.45) is 14.3. The molecule has 0 saturated heterocycles. The maximum Gasteiger partial charge on any atom is 0.253 e. The zero-order valence-electron chi connectivity index (χ0n) is 24.2. The second-order valence-corrected chi connectivity index (χ2v) is 12.0. The fourth-order valence-corrected chi connectivity index (χ4v) is 6.67. The van der Waals surface area contributed by atoms with E-state index in [4.69, 9.17) is 0 Å². The van der Waals surface area contributed by atoms with Crippen LogP contribution in [0.4, 0.5) is 5.69 Å². The molecule has 2 aromatic carbocycles. The zero-order chi connectivity index (χ0) is 28.1. The molecule has 2 aromatic rings. The van der Waals surface area contributed by atoms with E-state index in [2.05, 4.69) is 85.2 Å². The second-order valence-electron chi connectivity index (χ2n) is 12.0. The Bertz CT molecular complexity index is 1340. The molecule has 208 valence electrons. The summed E-state index contributed by atoms with van der Waals surface area (Å²) in [6, 6.07) is 17.4. The highest BCUT2D eigenvalue weighted by Crippen LogP contribution is 2.34. The number of hydrogen-bond acceptors (Lipinski definition) is 3. The van der Waals surface area contributed by atoms with Crippen LogP contribution in [0, 0.1) is 23.7 Å². The smallest absolute Gasteiger partial charge is 0.253 e. The Hall–Kier alpha value is -3.58. The molecule has 2 aliphatic heterocycles. The van der Waals surface area contributed by atoms with Crippen molar-refractivity contribution in [2.75, 3.05) is 4.90 Å². The van der Waals surface area contributed by atoms with Crippen molar-refractivity contribution >= 4 is 17.5 Å². The molecular formula is C36H42N2O2. The molecule has 40 heavy (non-hydrogen) atoms. The third-order valence-electron chi connectivity index (χ3n) is 9.17. The number of anilines is 1. The minimum absolute atomic E-state index is 0.0437. The number of benzene rings is 2. The normalized spacial score (nSPS) is 22.4. The molecule has 0 bridgehead atoms. The van der Waals surface area contributed by atoms with Crippen molar-refractivity contribution in [3.63, 3.8) is 0 Å². The molecule has 1 aliphatic carbocycles. The van der Waals surface area contributed by atoms with E-state index in [1.54, 1.807) is 5.57 Å². The van der Waals surface area contributed by atoms with Gasteiger partial charge in [-0.05, 0) is 101 Å². The van der Waals surface area contributed by atoms with Crippen LogP contribution in [0.1, 0.15) is 88.8 Å². The van der Waals surface area contributed by atoms with Gasteiger partial charge in [0.15, 0.2) is 0 Å². The van der Waals surface area contributed by atoms with Crippen molar-refractivity contribution in [1.82, 2.24) is 4.90 Å². The van der Waals surface area contributed by atoms with Crippen LogP contribution in [-0.4, -0.2) is 28.8 Å². The summed E-state index contributed by atoms with van der Waals surface area (Å²) in [4.78, 5) is 28.1. The van der Waals surface area contributed by atoms with Gasteiger partial charge in [-0.15, -0.1) is 0 Å². The summed E-state index contributed by atoms with van der Waals surface area (Å²) >= 11 is 0. The number of fused-ring (bicyclic) bond motifs is 2. The molecule has 4 atom stereocenters. The van der Waals surface area contributed by atoms with E-state index >= 15 is 0 Å². The second kappa shape index (κ2) is 12.7. The summed E-state index contributed by atoms with van der Waals surface area (Å²) in [6.45, 7) is 7.60. The summed E-state index contributed by atoms with van der Waals surface area (Å²) in [5.74, 6) is 7.76. The van der Waals surface area contributed by atoms with Crippen LogP contribution in [0.25, 0.3) is 0 Å². The lowest BCUT2D eigenvalue weighted by atomic mass is 9.79. The fraction of sp³-hybridized carbons (Fsp3) is 0.444. The number of rotatable bonds is 8. The topological polar surface area (TPSA) is 40.6 Å². The van der Waals surface area contributed by atoms with Gasteiger partial charge < -0.3 is 4.90 Å². The molecule has 0 N–H and O–H groups in total. The largest absolute Gasteiger partial charge is 0.363 e. The predicted molar refractivity (Wildman–Crippen MR) is 163 cm³/mol. The minimum Gasteiger partial charge on any atom is -0.363 e. The van der Waals surface area contributed by atoms with Crippen molar-refractivity contribution in [2.24, 2.45) is 11.8 Å². The summed E-state index contributed by atoms with van der Waals surface area (Å²) in [5.41, 5.74) is 6.33. The lowest BCUT2D eigenvalue weighted by Gasteiger charge is -2.35. The monoisotopic (exact) mass is 534 g/mol. The number of para-hydroxylation sites is 1. The summed E-state index contributed by atoms with van der Waals surface area (Å²) in [5, 5.41) is 0. The van der Waals surface area contributed by atoms with Crippen LogP contribution < -0.4 is 4.90 Å². The van der Waals surface area contributed by atoms with Gasteiger partial charge in [0.05, 0.1) is 5.69 Å². The average Bonchev–Trinajstić information content (AvgIpc) is 3.27. The van der Waals surface area contributed by atoms with Crippen LogP contribution in [-0.2, 0) is 16.1 Å². The Labute approximate surface area is 240 Å². The molecule has 0 saturated carbocycles. The van der Waals surface area contributed by atoms with Crippen LogP contribution in [0.2, 0.25) is 0 Å². The van der Waals surface area contributed by atoms with Gasteiger partial charge in [0, 0.05) is 41.9 Å². The maximum atomic E-state index is 12.1. The highest BCUT2D eigenvalue weighted by Gasteiger charge is 2.29. The Kier molecular flexibility index (Phi) is 8.90. The molecule has 4 heteroatoms. The maximum absolute atomic E-state index is 12.1. The first-order chi connectivity index (χ1) is 19.4. The number of amides is 2.